The van der Waals surface area contributed by atoms with Gasteiger partial charge in [-0.15, -0.1) is 0 Å². The molecule has 1 aromatic rings. The van der Waals surface area contributed by atoms with Crippen molar-refractivity contribution < 1.29 is 4.74 Å². The Labute approximate surface area is 152 Å². The molecule has 6 nitrogen and oxygen atoms in total. The highest BCUT2D eigenvalue weighted by Gasteiger charge is 2.12. The van der Waals surface area contributed by atoms with E-state index in [1.807, 2.05) is 6.20 Å². The molecule has 142 valence electrons. The van der Waals surface area contributed by atoms with E-state index in [0.29, 0.717) is 6.10 Å². The number of hydrogen-bond donors (Lipinski definition) is 3. The van der Waals surface area contributed by atoms with Crippen LogP contribution in [0.1, 0.15) is 63.1 Å². The molecule has 6 heteroatoms. The van der Waals surface area contributed by atoms with E-state index < -0.39 is 0 Å². The molecule has 1 aliphatic carbocycles. The fraction of sp³-hybridized carbons (Fsp3) is 0.789. The smallest absolute Gasteiger partial charge is 0.191 e. The van der Waals surface area contributed by atoms with Crippen LogP contribution in [0.5, 0.6) is 0 Å². The van der Waals surface area contributed by atoms with Gasteiger partial charge in [0.15, 0.2) is 5.96 Å². The van der Waals surface area contributed by atoms with E-state index in [2.05, 4.69) is 39.7 Å². The molecule has 0 spiro atoms. The summed E-state index contributed by atoms with van der Waals surface area (Å²) in [6, 6.07) is 0. The van der Waals surface area contributed by atoms with Gasteiger partial charge in [0, 0.05) is 31.9 Å². The van der Waals surface area contributed by atoms with Gasteiger partial charge in [0.2, 0.25) is 0 Å². The third kappa shape index (κ3) is 7.90. The minimum Gasteiger partial charge on any atom is -0.378 e. The number of nitrogens with one attached hydrogen (secondary N) is 3. The lowest BCUT2D eigenvalue weighted by molar-refractivity contribution is 0.0277. The van der Waals surface area contributed by atoms with Crippen molar-refractivity contribution in [2.45, 2.75) is 71.3 Å². The number of aliphatic imine (C=N–C) groups is 1. The van der Waals surface area contributed by atoms with Crippen molar-refractivity contribution in [1.82, 2.24) is 20.8 Å². The quantitative estimate of drug-likeness (QED) is 0.345. The lowest BCUT2D eigenvalue weighted by Gasteiger charge is -2.22. The molecule has 0 unspecified atom stereocenters. The van der Waals surface area contributed by atoms with Crippen LogP contribution < -0.4 is 10.6 Å². The molecule has 0 atom stereocenters. The van der Waals surface area contributed by atoms with E-state index in [1.165, 1.54) is 37.7 Å². The first-order valence-corrected chi connectivity index (χ1v) is 9.92. The Bertz CT molecular complexity index is 494. The molecular weight excluding hydrogens is 314 g/mol. The van der Waals surface area contributed by atoms with Crippen LogP contribution in [-0.2, 0) is 11.2 Å². The summed E-state index contributed by atoms with van der Waals surface area (Å²) in [6.45, 7) is 7.60. The normalized spacial score (nSPS) is 16.2. The number of nitrogens with zero attached hydrogens (tertiary/aromatic N) is 2. The molecular formula is C19H35N5O. The second-order valence-corrected chi connectivity index (χ2v) is 6.80. The van der Waals surface area contributed by atoms with Gasteiger partial charge in [-0.25, -0.2) is 0 Å². The largest absolute Gasteiger partial charge is 0.378 e. The zero-order valence-electron chi connectivity index (χ0n) is 15.9. The lowest BCUT2D eigenvalue weighted by Crippen LogP contribution is -2.38. The summed E-state index contributed by atoms with van der Waals surface area (Å²) in [5.74, 6) is 0.907. The van der Waals surface area contributed by atoms with E-state index in [9.17, 15) is 0 Å². The van der Waals surface area contributed by atoms with Crippen LogP contribution in [0.15, 0.2) is 11.2 Å². The first-order valence-electron chi connectivity index (χ1n) is 9.92. The van der Waals surface area contributed by atoms with Crippen molar-refractivity contribution in [3.8, 4) is 0 Å². The van der Waals surface area contributed by atoms with Crippen LogP contribution in [0.2, 0.25) is 0 Å². The Kier molecular flexibility index (Phi) is 9.41. The SMILES string of the molecule is CCNC(=NCCCc1cn[nH]c1C)NCCCOC1CCCCC1. The summed E-state index contributed by atoms with van der Waals surface area (Å²) in [7, 11) is 0. The highest BCUT2D eigenvalue weighted by molar-refractivity contribution is 5.79. The minimum absolute atomic E-state index is 0.502. The highest BCUT2D eigenvalue weighted by atomic mass is 16.5. The number of ether oxygens (including phenoxy) is 1. The summed E-state index contributed by atoms with van der Waals surface area (Å²) in [4.78, 5) is 4.65. The predicted molar refractivity (Wildman–Crippen MR) is 103 cm³/mol. The molecule has 1 fully saturated rings. The molecule has 2 rings (SSSR count). The third-order valence-corrected chi connectivity index (χ3v) is 4.67. The average Bonchev–Trinajstić information content (AvgIpc) is 3.04. The van der Waals surface area contributed by atoms with Crippen molar-refractivity contribution in [2.75, 3.05) is 26.2 Å². The van der Waals surface area contributed by atoms with E-state index in [4.69, 9.17) is 4.74 Å². The second kappa shape index (κ2) is 11.9. The summed E-state index contributed by atoms with van der Waals surface area (Å²) in [5, 5.41) is 13.8. The van der Waals surface area contributed by atoms with Crippen molar-refractivity contribution >= 4 is 5.96 Å². The summed E-state index contributed by atoms with van der Waals surface area (Å²) in [6.07, 6.45) is 12.0. The summed E-state index contributed by atoms with van der Waals surface area (Å²) in [5.41, 5.74) is 2.44. The van der Waals surface area contributed by atoms with Gasteiger partial charge in [0.1, 0.15) is 0 Å². The standard InChI is InChI=1S/C19H35N5O/c1-3-20-19(21-12-7-9-17-15-23-24-16(17)2)22-13-8-14-25-18-10-5-4-6-11-18/h15,18H,3-14H2,1-2H3,(H,23,24)(H2,20,21,22). The number of guanidine groups is 1. The van der Waals surface area contributed by atoms with Crippen LogP contribution in [-0.4, -0.2) is 48.5 Å². The topological polar surface area (TPSA) is 74.3 Å². The van der Waals surface area contributed by atoms with E-state index in [1.54, 1.807) is 0 Å². The van der Waals surface area contributed by atoms with Gasteiger partial charge in [-0.1, -0.05) is 19.3 Å². The Morgan fingerprint density at radius 3 is 2.84 bits per heavy atom. The molecule has 0 aromatic carbocycles. The molecule has 3 N–H and O–H groups in total. The van der Waals surface area contributed by atoms with Gasteiger partial charge < -0.3 is 15.4 Å². The van der Waals surface area contributed by atoms with Gasteiger partial charge in [0.05, 0.1) is 12.3 Å². The van der Waals surface area contributed by atoms with Gasteiger partial charge in [-0.3, -0.25) is 10.1 Å². The third-order valence-electron chi connectivity index (χ3n) is 4.67. The van der Waals surface area contributed by atoms with Crippen molar-refractivity contribution in [2.24, 2.45) is 4.99 Å². The number of aryl methyl sites for hydroxylation is 2. The molecule has 1 saturated carbocycles. The fourth-order valence-electron chi connectivity index (χ4n) is 3.19. The molecule has 1 aliphatic rings. The van der Waals surface area contributed by atoms with Crippen molar-refractivity contribution in [1.29, 1.82) is 0 Å². The Morgan fingerprint density at radius 2 is 2.12 bits per heavy atom. The number of hydrogen-bond acceptors (Lipinski definition) is 3. The number of aromatic amines is 1. The number of aromatic nitrogens is 2. The molecule has 0 amide bonds. The maximum Gasteiger partial charge on any atom is 0.191 e. The molecule has 25 heavy (non-hydrogen) atoms. The Balaban J connectivity index is 1.57. The van der Waals surface area contributed by atoms with E-state index >= 15 is 0 Å². The predicted octanol–water partition coefficient (Wildman–Crippen LogP) is 2.95. The summed E-state index contributed by atoms with van der Waals surface area (Å²) >= 11 is 0. The van der Waals surface area contributed by atoms with Crippen LogP contribution in [0.25, 0.3) is 0 Å². The zero-order chi connectivity index (χ0) is 17.7. The number of rotatable bonds is 10. The molecule has 0 saturated heterocycles. The van der Waals surface area contributed by atoms with Crippen molar-refractivity contribution in [3.05, 3.63) is 17.5 Å². The van der Waals surface area contributed by atoms with Gasteiger partial charge >= 0.3 is 0 Å². The maximum atomic E-state index is 5.97. The Hall–Kier alpha value is -1.56. The van der Waals surface area contributed by atoms with Crippen LogP contribution >= 0.6 is 0 Å². The second-order valence-electron chi connectivity index (χ2n) is 6.80. The zero-order valence-corrected chi connectivity index (χ0v) is 15.9. The average molecular weight is 350 g/mol. The van der Waals surface area contributed by atoms with Gasteiger partial charge in [0.25, 0.3) is 0 Å². The van der Waals surface area contributed by atoms with E-state index in [0.717, 1.165) is 57.2 Å². The molecule has 1 heterocycles. The van der Waals surface area contributed by atoms with Crippen LogP contribution in [0.3, 0.4) is 0 Å². The van der Waals surface area contributed by atoms with Gasteiger partial charge in [-0.2, -0.15) is 5.10 Å². The van der Waals surface area contributed by atoms with Gasteiger partial charge in [-0.05, 0) is 51.5 Å². The van der Waals surface area contributed by atoms with Crippen LogP contribution in [0, 0.1) is 6.92 Å². The maximum absolute atomic E-state index is 5.97. The lowest BCUT2D eigenvalue weighted by atomic mass is 9.98. The minimum atomic E-state index is 0.502. The Morgan fingerprint density at radius 1 is 1.28 bits per heavy atom. The fourth-order valence-corrected chi connectivity index (χ4v) is 3.19. The molecule has 0 aliphatic heterocycles. The first kappa shape index (κ1) is 19.8. The summed E-state index contributed by atoms with van der Waals surface area (Å²) < 4.78 is 5.97. The highest BCUT2D eigenvalue weighted by Crippen LogP contribution is 2.20. The molecule has 0 radical (unpaired) electrons. The van der Waals surface area contributed by atoms with E-state index in [-0.39, 0.29) is 0 Å². The first-order chi connectivity index (χ1) is 12.3. The van der Waals surface area contributed by atoms with Crippen LogP contribution in [0.4, 0.5) is 0 Å². The molecule has 1 aromatic heterocycles. The molecule has 0 bridgehead atoms. The van der Waals surface area contributed by atoms with Crippen molar-refractivity contribution in [3.63, 3.8) is 0 Å². The number of H-pyrrole nitrogens is 1. The monoisotopic (exact) mass is 349 g/mol.